The standard InChI is InChI=1S/C37H63F3O4/c1-9-22-41-27(3)43-33(8,37(38,39)40)35-20-18-34(26-35,19-21-35)30(4,5)16-17-31(6,10-2)36-15-14-28(25-36)24-32(36,7)44-29-13-11-12-23-42-29/h27-29H,9-26H2,1-8H3. The number of ether oxygens (including phenoxy) is 4. The quantitative estimate of drug-likeness (QED) is 0.179. The van der Waals surface area contributed by atoms with Gasteiger partial charge in [-0.3, -0.25) is 0 Å². The van der Waals surface area contributed by atoms with Gasteiger partial charge in [0.2, 0.25) is 0 Å². The van der Waals surface area contributed by atoms with Gasteiger partial charge in [-0.05, 0) is 139 Å². The first kappa shape index (κ1) is 35.0. The minimum Gasteiger partial charge on any atom is -0.353 e. The van der Waals surface area contributed by atoms with Crippen LogP contribution in [-0.2, 0) is 18.9 Å². The van der Waals surface area contributed by atoms with Gasteiger partial charge in [0, 0.05) is 24.0 Å². The molecule has 4 saturated carbocycles. The van der Waals surface area contributed by atoms with E-state index in [-0.39, 0.29) is 33.6 Å². The van der Waals surface area contributed by atoms with Gasteiger partial charge in [-0.15, -0.1) is 0 Å². The molecule has 5 fully saturated rings. The summed E-state index contributed by atoms with van der Waals surface area (Å²) in [5.41, 5.74) is -3.29. The Morgan fingerprint density at radius 2 is 1.57 bits per heavy atom. The molecule has 0 radical (unpaired) electrons. The molecule has 4 aliphatic carbocycles. The largest absolute Gasteiger partial charge is 0.417 e. The smallest absolute Gasteiger partial charge is 0.353 e. The second-order valence-corrected chi connectivity index (χ2v) is 17.2. The lowest BCUT2D eigenvalue weighted by atomic mass is 9.51. The number of hydrogen-bond acceptors (Lipinski definition) is 4. The molecule has 5 aliphatic rings. The van der Waals surface area contributed by atoms with Gasteiger partial charge in [-0.25, -0.2) is 0 Å². The van der Waals surface area contributed by atoms with E-state index in [1.54, 1.807) is 6.92 Å². The predicted molar refractivity (Wildman–Crippen MR) is 168 cm³/mol. The van der Waals surface area contributed by atoms with Gasteiger partial charge in [-0.2, -0.15) is 13.2 Å². The number of rotatable bonds is 14. The number of hydrogen-bond donors (Lipinski definition) is 0. The fourth-order valence-corrected chi connectivity index (χ4v) is 11.5. The topological polar surface area (TPSA) is 36.9 Å². The monoisotopic (exact) mass is 628 g/mol. The summed E-state index contributed by atoms with van der Waals surface area (Å²) in [6, 6.07) is 0. The maximum Gasteiger partial charge on any atom is 0.417 e. The Hall–Kier alpha value is -0.370. The summed E-state index contributed by atoms with van der Waals surface area (Å²) in [5.74, 6) is 0.718. The van der Waals surface area contributed by atoms with E-state index in [9.17, 15) is 13.2 Å². The molecule has 7 unspecified atom stereocenters. The van der Waals surface area contributed by atoms with E-state index >= 15 is 0 Å². The van der Waals surface area contributed by atoms with Crippen LogP contribution in [0, 0.1) is 33.0 Å². The molecule has 0 N–H and O–H groups in total. The summed E-state index contributed by atoms with van der Waals surface area (Å²) < 4.78 is 69.5. The molecule has 0 spiro atoms. The molecular weight excluding hydrogens is 565 g/mol. The lowest BCUT2D eigenvalue weighted by Gasteiger charge is -2.57. The molecule has 1 heterocycles. The second-order valence-electron chi connectivity index (χ2n) is 17.2. The zero-order valence-electron chi connectivity index (χ0n) is 29.2. The molecule has 1 saturated heterocycles. The highest BCUT2D eigenvalue weighted by atomic mass is 19.4. The number of alkyl halides is 3. The molecule has 4 nitrogen and oxygen atoms in total. The third kappa shape index (κ3) is 5.42. The summed E-state index contributed by atoms with van der Waals surface area (Å²) in [6.07, 6.45) is 10.0. The average molecular weight is 629 g/mol. The summed E-state index contributed by atoms with van der Waals surface area (Å²) in [7, 11) is 0. The van der Waals surface area contributed by atoms with Crippen molar-refractivity contribution < 1.29 is 32.1 Å². The first-order valence-electron chi connectivity index (χ1n) is 18.1. The molecule has 7 atom stereocenters. The van der Waals surface area contributed by atoms with Crippen LogP contribution in [0.3, 0.4) is 0 Å². The average Bonchev–Trinajstić information content (AvgIpc) is 3.74. The maximum atomic E-state index is 15.0. The van der Waals surface area contributed by atoms with Crippen LogP contribution in [-0.4, -0.2) is 43.2 Å². The van der Waals surface area contributed by atoms with Gasteiger partial charge in [0.1, 0.15) is 0 Å². The van der Waals surface area contributed by atoms with Crippen LogP contribution in [0.25, 0.3) is 0 Å². The van der Waals surface area contributed by atoms with Gasteiger partial charge in [-0.1, -0.05) is 41.0 Å². The fourth-order valence-electron chi connectivity index (χ4n) is 11.5. The lowest BCUT2D eigenvalue weighted by Crippen LogP contribution is -2.58. The van der Waals surface area contributed by atoms with E-state index in [1.165, 1.54) is 32.6 Å². The molecule has 0 amide bonds. The van der Waals surface area contributed by atoms with Crippen molar-refractivity contribution in [1.82, 2.24) is 0 Å². The third-order valence-electron chi connectivity index (χ3n) is 14.9. The van der Waals surface area contributed by atoms with Crippen LogP contribution >= 0.6 is 0 Å². The van der Waals surface area contributed by atoms with Crippen molar-refractivity contribution in [1.29, 1.82) is 0 Å². The molecule has 1 aliphatic heterocycles. The van der Waals surface area contributed by atoms with E-state index in [4.69, 9.17) is 18.9 Å². The van der Waals surface area contributed by atoms with Crippen LogP contribution in [0.1, 0.15) is 158 Å². The van der Waals surface area contributed by atoms with Crippen molar-refractivity contribution in [2.45, 2.75) is 188 Å². The molecular formula is C37H63F3O4. The zero-order valence-corrected chi connectivity index (χ0v) is 29.2. The van der Waals surface area contributed by atoms with Crippen molar-refractivity contribution in [3.8, 4) is 0 Å². The summed E-state index contributed by atoms with van der Waals surface area (Å²) >= 11 is 0. The van der Waals surface area contributed by atoms with E-state index in [0.29, 0.717) is 25.9 Å². The SMILES string of the molecule is CCCOC(C)OC(C)(C(F)(F)F)C12CCC(C(C)(C)CCC(C)(CC)C34CCC(CC3(C)OC3CCCCO3)C4)(CC1)C2. The summed E-state index contributed by atoms with van der Waals surface area (Å²) in [6.45, 7) is 18.1. The van der Waals surface area contributed by atoms with E-state index in [0.717, 1.165) is 70.3 Å². The van der Waals surface area contributed by atoms with Gasteiger partial charge in [0.15, 0.2) is 18.2 Å². The Balaban J connectivity index is 1.34. The van der Waals surface area contributed by atoms with Crippen molar-refractivity contribution in [3.05, 3.63) is 0 Å². The lowest BCUT2D eigenvalue weighted by molar-refractivity contribution is -0.349. The molecule has 256 valence electrons. The zero-order chi connectivity index (χ0) is 32.3. The normalized spacial score (nSPS) is 40.7. The molecule has 0 aromatic carbocycles. The molecule has 0 aromatic heterocycles. The molecule has 5 rings (SSSR count). The fraction of sp³-hybridized carbons (Fsp3) is 1.00. The van der Waals surface area contributed by atoms with Gasteiger partial charge < -0.3 is 18.9 Å². The highest BCUT2D eigenvalue weighted by Gasteiger charge is 2.73. The molecule has 4 bridgehead atoms. The third-order valence-corrected chi connectivity index (χ3v) is 14.9. The van der Waals surface area contributed by atoms with E-state index in [1.807, 2.05) is 6.92 Å². The van der Waals surface area contributed by atoms with Crippen LogP contribution in [0.2, 0.25) is 0 Å². The van der Waals surface area contributed by atoms with Crippen molar-refractivity contribution in [2.75, 3.05) is 13.2 Å². The second kappa shape index (κ2) is 11.9. The predicted octanol–water partition coefficient (Wildman–Crippen LogP) is 10.8. The Bertz CT molecular complexity index is 999. The Labute approximate surface area is 266 Å². The van der Waals surface area contributed by atoms with Crippen molar-refractivity contribution in [3.63, 3.8) is 0 Å². The molecule has 0 aromatic rings. The minimum absolute atomic E-state index is 0.0739. The summed E-state index contributed by atoms with van der Waals surface area (Å²) in [5, 5.41) is 0. The van der Waals surface area contributed by atoms with Gasteiger partial charge >= 0.3 is 6.18 Å². The highest BCUT2D eigenvalue weighted by molar-refractivity contribution is 5.19. The van der Waals surface area contributed by atoms with Crippen LogP contribution < -0.4 is 0 Å². The maximum absolute atomic E-state index is 15.0. The Morgan fingerprint density at radius 1 is 0.886 bits per heavy atom. The van der Waals surface area contributed by atoms with Crippen LogP contribution in [0.4, 0.5) is 13.2 Å². The minimum atomic E-state index is -4.46. The van der Waals surface area contributed by atoms with Crippen LogP contribution in [0.5, 0.6) is 0 Å². The van der Waals surface area contributed by atoms with Gasteiger partial charge in [0.05, 0.1) is 5.60 Å². The van der Waals surface area contributed by atoms with Crippen molar-refractivity contribution in [2.24, 2.45) is 33.0 Å². The Morgan fingerprint density at radius 3 is 2.14 bits per heavy atom. The van der Waals surface area contributed by atoms with E-state index < -0.39 is 23.5 Å². The summed E-state index contributed by atoms with van der Waals surface area (Å²) in [4.78, 5) is 0. The van der Waals surface area contributed by atoms with E-state index in [2.05, 4.69) is 34.6 Å². The van der Waals surface area contributed by atoms with Crippen molar-refractivity contribution >= 4 is 0 Å². The molecule has 44 heavy (non-hydrogen) atoms. The first-order chi connectivity index (χ1) is 20.5. The Kier molecular flexibility index (Phi) is 9.49. The first-order valence-corrected chi connectivity index (χ1v) is 18.1. The number of halogens is 3. The van der Waals surface area contributed by atoms with Gasteiger partial charge in [0.25, 0.3) is 0 Å². The molecule has 7 heteroatoms. The van der Waals surface area contributed by atoms with Crippen LogP contribution in [0.15, 0.2) is 0 Å². The number of fused-ring (bicyclic) bond motifs is 4. The highest BCUT2D eigenvalue weighted by Crippen LogP contribution is 2.75.